The first kappa shape index (κ1) is 20.2. The number of rotatable bonds is 3. The molecule has 0 radical (unpaired) electrons. The number of piperidine rings is 1. The SMILES string of the molecule is CC(C)c1cccc(C#N)c1NC(=O)N1CCC(C)(c2ccc(Cl)cc2)CC1. The van der Waals surface area contributed by atoms with Crippen molar-refractivity contribution in [1.29, 1.82) is 5.26 Å². The van der Waals surface area contributed by atoms with Crippen molar-refractivity contribution in [3.05, 3.63) is 64.2 Å². The first-order valence-electron chi connectivity index (χ1n) is 9.69. The van der Waals surface area contributed by atoms with Crippen LogP contribution in [0.5, 0.6) is 0 Å². The van der Waals surface area contributed by atoms with Crippen molar-refractivity contribution >= 4 is 23.3 Å². The summed E-state index contributed by atoms with van der Waals surface area (Å²) in [5.41, 5.74) is 3.41. The maximum atomic E-state index is 12.9. The summed E-state index contributed by atoms with van der Waals surface area (Å²) in [5.74, 6) is 0.221. The lowest BCUT2D eigenvalue weighted by Crippen LogP contribution is -2.45. The summed E-state index contributed by atoms with van der Waals surface area (Å²) >= 11 is 6.01. The molecule has 0 unspecified atom stereocenters. The number of hydrogen-bond donors (Lipinski definition) is 1. The van der Waals surface area contributed by atoms with Crippen LogP contribution in [0.15, 0.2) is 42.5 Å². The van der Waals surface area contributed by atoms with E-state index in [2.05, 4.69) is 44.3 Å². The summed E-state index contributed by atoms with van der Waals surface area (Å²) in [6.45, 7) is 7.72. The Morgan fingerprint density at radius 3 is 2.39 bits per heavy atom. The van der Waals surface area contributed by atoms with E-state index < -0.39 is 0 Å². The van der Waals surface area contributed by atoms with Crippen molar-refractivity contribution in [1.82, 2.24) is 4.90 Å². The summed E-state index contributed by atoms with van der Waals surface area (Å²) in [6.07, 6.45) is 1.78. The van der Waals surface area contributed by atoms with E-state index >= 15 is 0 Å². The van der Waals surface area contributed by atoms with Gasteiger partial charge in [0.2, 0.25) is 0 Å². The Labute approximate surface area is 172 Å². The maximum Gasteiger partial charge on any atom is 0.321 e. The van der Waals surface area contributed by atoms with Crippen molar-refractivity contribution in [2.24, 2.45) is 0 Å². The van der Waals surface area contributed by atoms with Crippen LogP contribution in [0.2, 0.25) is 5.02 Å². The standard InChI is InChI=1S/C23H26ClN3O/c1-16(2)20-6-4-5-17(15-25)21(20)26-22(28)27-13-11-23(3,12-14-27)18-7-9-19(24)10-8-18/h4-10,16H,11-14H2,1-3H3,(H,26,28). The average Bonchev–Trinajstić information content (AvgIpc) is 2.68. The van der Waals surface area contributed by atoms with Crippen LogP contribution in [0.1, 0.15) is 56.2 Å². The molecule has 146 valence electrons. The molecule has 0 atom stereocenters. The molecule has 1 fully saturated rings. The van der Waals surface area contributed by atoms with Gasteiger partial charge in [-0.1, -0.05) is 56.6 Å². The summed E-state index contributed by atoms with van der Waals surface area (Å²) in [4.78, 5) is 14.7. The zero-order valence-electron chi connectivity index (χ0n) is 16.6. The van der Waals surface area contributed by atoms with Crippen LogP contribution >= 0.6 is 11.6 Å². The quantitative estimate of drug-likeness (QED) is 0.701. The van der Waals surface area contributed by atoms with E-state index in [1.54, 1.807) is 6.07 Å². The van der Waals surface area contributed by atoms with Gasteiger partial charge in [0.15, 0.2) is 0 Å². The van der Waals surface area contributed by atoms with Crippen LogP contribution in [0, 0.1) is 11.3 Å². The highest BCUT2D eigenvalue weighted by Crippen LogP contribution is 2.36. The third-order valence-electron chi connectivity index (χ3n) is 5.77. The van der Waals surface area contributed by atoms with Gasteiger partial charge in [0.05, 0.1) is 11.3 Å². The van der Waals surface area contributed by atoms with Gasteiger partial charge in [-0.15, -0.1) is 0 Å². The molecule has 0 aliphatic carbocycles. The van der Waals surface area contributed by atoms with Gasteiger partial charge in [-0.2, -0.15) is 5.26 Å². The molecule has 1 aliphatic heterocycles. The second kappa shape index (κ2) is 8.24. The van der Waals surface area contributed by atoms with E-state index in [4.69, 9.17) is 11.6 Å². The van der Waals surface area contributed by atoms with Crippen LogP contribution in [0.4, 0.5) is 10.5 Å². The van der Waals surface area contributed by atoms with Gasteiger partial charge < -0.3 is 10.2 Å². The van der Waals surface area contributed by atoms with Gasteiger partial charge in [-0.05, 0) is 53.5 Å². The molecule has 0 aromatic heterocycles. The summed E-state index contributed by atoms with van der Waals surface area (Å²) < 4.78 is 0. The number of anilines is 1. The molecule has 0 bridgehead atoms. The third-order valence-corrected chi connectivity index (χ3v) is 6.02. The minimum atomic E-state index is -0.136. The van der Waals surface area contributed by atoms with E-state index in [-0.39, 0.29) is 17.4 Å². The minimum absolute atomic E-state index is 0.0367. The minimum Gasteiger partial charge on any atom is -0.324 e. The van der Waals surface area contributed by atoms with Crippen LogP contribution in [-0.2, 0) is 5.41 Å². The average molecular weight is 396 g/mol. The largest absolute Gasteiger partial charge is 0.324 e. The first-order chi connectivity index (χ1) is 13.3. The molecule has 1 saturated heterocycles. The Kier molecular flexibility index (Phi) is 5.96. The van der Waals surface area contributed by atoms with Crippen molar-refractivity contribution in [3.8, 4) is 6.07 Å². The molecule has 5 heteroatoms. The summed E-state index contributed by atoms with van der Waals surface area (Å²) in [5, 5.41) is 13.2. The van der Waals surface area contributed by atoms with Crippen molar-refractivity contribution in [2.45, 2.75) is 44.9 Å². The van der Waals surface area contributed by atoms with Crippen LogP contribution in [0.25, 0.3) is 0 Å². The number of nitrogens with zero attached hydrogens (tertiary/aromatic N) is 2. The fourth-order valence-electron chi connectivity index (χ4n) is 3.81. The van der Waals surface area contributed by atoms with Crippen molar-refractivity contribution in [3.63, 3.8) is 0 Å². The van der Waals surface area contributed by atoms with E-state index in [1.807, 2.05) is 29.2 Å². The number of benzene rings is 2. The number of urea groups is 1. The number of hydrogen-bond acceptors (Lipinski definition) is 2. The highest BCUT2D eigenvalue weighted by atomic mass is 35.5. The Morgan fingerprint density at radius 1 is 1.18 bits per heavy atom. The molecule has 0 spiro atoms. The van der Waals surface area contributed by atoms with E-state index in [0.29, 0.717) is 24.3 Å². The lowest BCUT2D eigenvalue weighted by Gasteiger charge is -2.40. The molecule has 28 heavy (non-hydrogen) atoms. The second-order valence-corrected chi connectivity index (χ2v) is 8.46. The number of halogens is 1. The van der Waals surface area contributed by atoms with Crippen molar-refractivity contribution in [2.75, 3.05) is 18.4 Å². The number of nitriles is 1. The Hall–Kier alpha value is -2.51. The lowest BCUT2D eigenvalue weighted by molar-refractivity contribution is 0.174. The number of amides is 2. The van der Waals surface area contributed by atoms with Crippen LogP contribution in [0.3, 0.4) is 0 Å². The van der Waals surface area contributed by atoms with Crippen LogP contribution in [-0.4, -0.2) is 24.0 Å². The molecular weight excluding hydrogens is 370 g/mol. The predicted molar refractivity (Wildman–Crippen MR) is 114 cm³/mol. The Morgan fingerprint density at radius 2 is 1.82 bits per heavy atom. The molecule has 4 nitrogen and oxygen atoms in total. The number of nitrogens with one attached hydrogen (secondary N) is 1. The van der Waals surface area contributed by atoms with Gasteiger partial charge in [0, 0.05) is 18.1 Å². The normalized spacial score (nSPS) is 15.9. The highest BCUT2D eigenvalue weighted by molar-refractivity contribution is 6.30. The zero-order valence-corrected chi connectivity index (χ0v) is 17.4. The maximum absolute atomic E-state index is 12.9. The summed E-state index contributed by atoms with van der Waals surface area (Å²) in [6, 6.07) is 15.6. The van der Waals surface area contributed by atoms with Gasteiger partial charge in [0.25, 0.3) is 0 Å². The molecule has 2 amide bonds. The third kappa shape index (κ3) is 4.15. The van der Waals surface area contributed by atoms with Gasteiger partial charge in [-0.25, -0.2) is 4.79 Å². The Bertz CT molecular complexity index is 891. The van der Waals surface area contributed by atoms with E-state index in [0.717, 1.165) is 23.4 Å². The van der Waals surface area contributed by atoms with Crippen molar-refractivity contribution < 1.29 is 4.79 Å². The summed E-state index contributed by atoms with van der Waals surface area (Å²) in [7, 11) is 0. The number of carbonyl (C=O) groups excluding carboxylic acids is 1. The molecule has 1 heterocycles. The molecule has 0 saturated carbocycles. The molecule has 1 N–H and O–H groups in total. The Balaban J connectivity index is 1.71. The number of para-hydroxylation sites is 1. The number of carbonyl (C=O) groups is 1. The fourth-order valence-corrected chi connectivity index (χ4v) is 3.94. The zero-order chi connectivity index (χ0) is 20.3. The fraction of sp³-hybridized carbons (Fsp3) is 0.391. The predicted octanol–water partition coefficient (Wildman–Crippen LogP) is 5.92. The van der Waals surface area contributed by atoms with Gasteiger partial charge in [0.1, 0.15) is 6.07 Å². The van der Waals surface area contributed by atoms with E-state index in [9.17, 15) is 10.1 Å². The lowest BCUT2D eigenvalue weighted by atomic mass is 9.74. The number of likely N-dealkylation sites (tertiary alicyclic amines) is 1. The smallest absolute Gasteiger partial charge is 0.321 e. The van der Waals surface area contributed by atoms with Gasteiger partial charge >= 0.3 is 6.03 Å². The van der Waals surface area contributed by atoms with E-state index in [1.165, 1.54) is 5.56 Å². The molecule has 2 aromatic carbocycles. The van der Waals surface area contributed by atoms with Crippen LogP contribution < -0.4 is 5.32 Å². The first-order valence-corrected chi connectivity index (χ1v) is 10.1. The second-order valence-electron chi connectivity index (χ2n) is 8.02. The molecule has 1 aliphatic rings. The highest BCUT2D eigenvalue weighted by Gasteiger charge is 2.33. The molecule has 3 rings (SSSR count). The molecule has 2 aromatic rings. The van der Waals surface area contributed by atoms with Gasteiger partial charge in [-0.3, -0.25) is 0 Å². The topological polar surface area (TPSA) is 56.1 Å². The molecular formula is C23H26ClN3O. The monoisotopic (exact) mass is 395 g/mol.